The maximum atomic E-state index is 12.6. The summed E-state index contributed by atoms with van der Waals surface area (Å²) in [5, 5.41) is 2.99. The van der Waals surface area contributed by atoms with Crippen molar-refractivity contribution in [1.82, 2.24) is 10.2 Å². The van der Waals surface area contributed by atoms with Gasteiger partial charge < -0.3 is 24.4 Å². The van der Waals surface area contributed by atoms with Gasteiger partial charge in [-0.2, -0.15) is 0 Å². The van der Waals surface area contributed by atoms with E-state index in [0.29, 0.717) is 49.2 Å². The molecule has 1 rings (SSSR count). The molecule has 6 nitrogen and oxygen atoms in total. The minimum atomic E-state index is -0.122. The van der Waals surface area contributed by atoms with E-state index in [1.807, 2.05) is 20.8 Å². The first-order valence-corrected chi connectivity index (χ1v) is 10.2. The maximum absolute atomic E-state index is 12.6. The molecule has 0 saturated heterocycles. The summed E-state index contributed by atoms with van der Waals surface area (Å²) >= 11 is 0. The van der Waals surface area contributed by atoms with E-state index in [-0.39, 0.29) is 5.91 Å². The number of rotatable bonds is 14. The minimum absolute atomic E-state index is 0.122. The first-order chi connectivity index (χ1) is 13.1. The van der Waals surface area contributed by atoms with Crippen LogP contribution in [0.2, 0.25) is 0 Å². The molecule has 1 amide bonds. The second kappa shape index (κ2) is 13.3. The van der Waals surface area contributed by atoms with E-state index >= 15 is 0 Å². The lowest BCUT2D eigenvalue weighted by Gasteiger charge is -2.18. The molecule has 1 aromatic rings. The molecule has 0 heterocycles. The van der Waals surface area contributed by atoms with Gasteiger partial charge in [0.2, 0.25) is 5.75 Å². The third-order valence-corrected chi connectivity index (χ3v) is 4.25. The largest absolute Gasteiger partial charge is 0.490 e. The predicted molar refractivity (Wildman–Crippen MR) is 109 cm³/mol. The maximum Gasteiger partial charge on any atom is 0.251 e. The number of carbonyl (C=O) groups is 1. The SMILES string of the molecule is CCOc1cc(C(=O)NCCCCN(CC)CC)cc(OCC)c1OCC. The van der Waals surface area contributed by atoms with Crippen molar-refractivity contribution in [3.8, 4) is 17.2 Å². The van der Waals surface area contributed by atoms with Crippen LogP contribution in [0.3, 0.4) is 0 Å². The van der Waals surface area contributed by atoms with Crippen molar-refractivity contribution in [3.05, 3.63) is 17.7 Å². The Morgan fingerprint density at radius 1 is 0.889 bits per heavy atom. The zero-order valence-electron chi connectivity index (χ0n) is 17.6. The van der Waals surface area contributed by atoms with Gasteiger partial charge in [0.1, 0.15) is 0 Å². The fourth-order valence-corrected chi connectivity index (χ4v) is 2.82. The van der Waals surface area contributed by atoms with Gasteiger partial charge in [-0.15, -0.1) is 0 Å². The summed E-state index contributed by atoms with van der Waals surface area (Å²) < 4.78 is 17.0. The van der Waals surface area contributed by atoms with Gasteiger partial charge >= 0.3 is 0 Å². The molecule has 0 aliphatic heterocycles. The summed E-state index contributed by atoms with van der Waals surface area (Å²) in [6.07, 6.45) is 2.02. The van der Waals surface area contributed by atoms with Gasteiger partial charge in [-0.05, 0) is 65.4 Å². The van der Waals surface area contributed by atoms with Crippen LogP contribution < -0.4 is 19.5 Å². The number of hydrogen-bond acceptors (Lipinski definition) is 5. The molecular formula is C21H36N2O4. The number of nitrogens with one attached hydrogen (secondary N) is 1. The van der Waals surface area contributed by atoms with Crippen LogP contribution in [0.5, 0.6) is 17.2 Å². The lowest BCUT2D eigenvalue weighted by atomic mass is 10.1. The summed E-state index contributed by atoms with van der Waals surface area (Å²) in [6.45, 7) is 15.4. The van der Waals surface area contributed by atoms with Crippen LogP contribution in [0.4, 0.5) is 0 Å². The van der Waals surface area contributed by atoms with E-state index in [0.717, 1.165) is 32.5 Å². The Kier molecular flexibility index (Phi) is 11.3. The number of nitrogens with zero attached hydrogens (tertiary/aromatic N) is 1. The molecule has 154 valence electrons. The highest BCUT2D eigenvalue weighted by molar-refractivity contribution is 5.95. The van der Waals surface area contributed by atoms with E-state index in [9.17, 15) is 4.79 Å². The van der Waals surface area contributed by atoms with Gasteiger partial charge in [0.15, 0.2) is 11.5 Å². The molecule has 0 aliphatic rings. The summed E-state index contributed by atoms with van der Waals surface area (Å²) in [5.74, 6) is 1.51. The van der Waals surface area contributed by atoms with Crippen molar-refractivity contribution in [3.63, 3.8) is 0 Å². The molecule has 6 heteroatoms. The van der Waals surface area contributed by atoms with Gasteiger partial charge in [0.05, 0.1) is 19.8 Å². The normalized spacial score (nSPS) is 10.7. The van der Waals surface area contributed by atoms with E-state index in [2.05, 4.69) is 24.1 Å². The van der Waals surface area contributed by atoms with Gasteiger partial charge in [-0.3, -0.25) is 4.79 Å². The molecule has 0 atom stereocenters. The summed E-state index contributed by atoms with van der Waals surface area (Å²) in [4.78, 5) is 14.9. The van der Waals surface area contributed by atoms with Crippen LogP contribution in [0.15, 0.2) is 12.1 Å². The average Bonchev–Trinajstić information content (AvgIpc) is 2.67. The molecule has 0 bridgehead atoms. The van der Waals surface area contributed by atoms with Crippen LogP contribution >= 0.6 is 0 Å². The lowest BCUT2D eigenvalue weighted by Crippen LogP contribution is -2.27. The molecule has 1 aromatic carbocycles. The van der Waals surface area contributed by atoms with Gasteiger partial charge in [-0.25, -0.2) is 0 Å². The molecule has 0 spiro atoms. The number of amides is 1. The van der Waals surface area contributed by atoms with Gasteiger partial charge in [0.25, 0.3) is 5.91 Å². The molecule has 0 aliphatic carbocycles. The number of hydrogen-bond donors (Lipinski definition) is 1. The molecule has 0 fully saturated rings. The minimum Gasteiger partial charge on any atom is -0.490 e. The van der Waals surface area contributed by atoms with E-state index in [1.54, 1.807) is 12.1 Å². The monoisotopic (exact) mass is 380 g/mol. The van der Waals surface area contributed by atoms with Crippen molar-refractivity contribution in [1.29, 1.82) is 0 Å². The zero-order chi connectivity index (χ0) is 20.1. The van der Waals surface area contributed by atoms with Crippen molar-refractivity contribution < 1.29 is 19.0 Å². The van der Waals surface area contributed by atoms with Crippen LogP contribution in [0.25, 0.3) is 0 Å². The highest BCUT2D eigenvalue weighted by Gasteiger charge is 2.18. The van der Waals surface area contributed by atoms with Crippen LogP contribution in [-0.2, 0) is 0 Å². The smallest absolute Gasteiger partial charge is 0.251 e. The van der Waals surface area contributed by atoms with E-state index in [4.69, 9.17) is 14.2 Å². The van der Waals surface area contributed by atoms with Crippen LogP contribution in [0, 0.1) is 0 Å². The Bertz CT molecular complexity index is 532. The van der Waals surface area contributed by atoms with Crippen molar-refractivity contribution in [2.45, 2.75) is 47.5 Å². The highest BCUT2D eigenvalue weighted by atomic mass is 16.5. The summed E-state index contributed by atoms with van der Waals surface area (Å²) in [7, 11) is 0. The van der Waals surface area contributed by atoms with Crippen molar-refractivity contribution in [2.75, 3.05) is 46.0 Å². The number of benzene rings is 1. The third-order valence-electron chi connectivity index (χ3n) is 4.25. The molecule has 1 N–H and O–H groups in total. The molecule has 27 heavy (non-hydrogen) atoms. The number of carbonyl (C=O) groups excluding carboxylic acids is 1. The predicted octanol–water partition coefficient (Wildman–Crippen LogP) is 3.73. The van der Waals surface area contributed by atoms with Gasteiger partial charge in [-0.1, -0.05) is 13.8 Å². The molecule has 0 aromatic heterocycles. The Morgan fingerprint density at radius 2 is 1.44 bits per heavy atom. The Hall–Kier alpha value is -1.95. The Morgan fingerprint density at radius 3 is 1.93 bits per heavy atom. The topological polar surface area (TPSA) is 60.0 Å². The first kappa shape index (κ1) is 23.1. The second-order valence-electron chi connectivity index (χ2n) is 6.09. The standard InChI is InChI=1S/C21H36N2O4/c1-6-23(7-2)14-12-11-13-22-21(24)17-15-18(25-8-3)20(27-10-5)19(16-17)26-9-4/h15-16H,6-14H2,1-5H3,(H,22,24). The van der Waals surface area contributed by atoms with E-state index < -0.39 is 0 Å². The second-order valence-corrected chi connectivity index (χ2v) is 6.09. The molecular weight excluding hydrogens is 344 g/mol. The highest BCUT2D eigenvalue weighted by Crippen LogP contribution is 2.39. The summed E-state index contributed by atoms with van der Waals surface area (Å²) in [5.41, 5.74) is 0.522. The fourth-order valence-electron chi connectivity index (χ4n) is 2.82. The Labute approximate surface area is 164 Å². The number of ether oxygens (including phenoxy) is 3. The lowest BCUT2D eigenvalue weighted by molar-refractivity contribution is 0.0951. The van der Waals surface area contributed by atoms with Gasteiger partial charge in [0, 0.05) is 12.1 Å². The van der Waals surface area contributed by atoms with Crippen LogP contribution in [0.1, 0.15) is 57.8 Å². The van der Waals surface area contributed by atoms with Crippen LogP contribution in [-0.4, -0.2) is 56.8 Å². The quantitative estimate of drug-likeness (QED) is 0.498. The van der Waals surface area contributed by atoms with Crippen molar-refractivity contribution in [2.24, 2.45) is 0 Å². The molecule has 0 radical (unpaired) electrons. The zero-order valence-corrected chi connectivity index (χ0v) is 17.6. The third kappa shape index (κ3) is 7.67. The van der Waals surface area contributed by atoms with Crippen molar-refractivity contribution >= 4 is 5.91 Å². The average molecular weight is 381 g/mol. The van der Waals surface area contributed by atoms with E-state index in [1.165, 1.54) is 0 Å². The number of unbranched alkanes of at least 4 members (excludes halogenated alkanes) is 1. The molecule has 0 unspecified atom stereocenters. The Balaban J connectivity index is 2.75. The molecule has 0 saturated carbocycles. The summed E-state index contributed by atoms with van der Waals surface area (Å²) in [6, 6.07) is 3.45. The fraction of sp³-hybridized carbons (Fsp3) is 0.667. The first-order valence-electron chi connectivity index (χ1n) is 10.2.